The molecule has 5 atom stereocenters. The Kier molecular flexibility index (Phi) is 8.78. The monoisotopic (exact) mass is 275 g/mol. The molecule has 6 N–H and O–H groups in total. The fourth-order valence-corrected chi connectivity index (χ4v) is 2.31. The van der Waals surface area contributed by atoms with Crippen LogP contribution in [0.5, 0.6) is 0 Å². The highest BCUT2D eigenvalue weighted by Crippen LogP contribution is 2.21. The Hall–Kier alpha value is -0.200. The number of hydrogen-bond acceptors (Lipinski definition) is 5. The number of hydrogen-bond donors (Lipinski definition) is 3. The van der Waals surface area contributed by atoms with E-state index in [-0.39, 0.29) is 24.3 Å². The normalized spacial score (nSPS) is 21.5. The Balaban J connectivity index is 4.66. The largest absolute Gasteiger partial charge is 0.380 e. The lowest BCUT2D eigenvalue weighted by Crippen LogP contribution is -2.60. The first-order valence-electron chi connectivity index (χ1n) is 7.19. The number of nitrogens with two attached hydrogens (primary N) is 3. The highest BCUT2D eigenvalue weighted by atomic mass is 16.5. The molecule has 0 radical (unpaired) electrons. The molecule has 5 unspecified atom stereocenters. The van der Waals surface area contributed by atoms with Crippen LogP contribution in [0.15, 0.2) is 0 Å². The number of methoxy groups -OCH3 is 2. The molecule has 0 aromatic carbocycles. The van der Waals surface area contributed by atoms with Gasteiger partial charge in [-0.15, -0.1) is 0 Å². The van der Waals surface area contributed by atoms with Gasteiger partial charge in [-0.1, -0.05) is 13.8 Å². The summed E-state index contributed by atoms with van der Waals surface area (Å²) in [5, 5.41) is 0. The molecule has 5 heteroatoms. The quantitative estimate of drug-likeness (QED) is 0.552. The average Bonchev–Trinajstić information content (AvgIpc) is 2.39. The summed E-state index contributed by atoms with van der Waals surface area (Å²) < 4.78 is 11.0. The molecule has 0 aliphatic heterocycles. The molecule has 0 spiro atoms. The topological polar surface area (TPSA) is 96.5 Å². The summed E-state index contributed by atoms with van der Waals surface area (Å²) in [4.78, 5) is 0. The Morgan fingerprint density at radius 3 is 2.00 bits per heavy atom. The Labute approximate surface area is 118 Å². The first-order chi connectivity index (χ1) is 8.83. The second-order valence-corrected chi connectivity index (χ2v) is 5.61. The van der Waals surface area contributed by atoms with Gasteiger partial charge in [0.05, 0.1) is 18.2 Å². The van der Waals surface area contributed by atoms with E-state index >= 15 is 0 Å². The minimum atomic E-state index is -0.460. The molecule has 0 saturated heterocycles. The van der Waals surface area contributed by atoms with Crippen molar-refractivity contribution in [2.45, 2.75) is 76.3 Å². The Morgan fingerprint density at radius 2 is 1.63 bits per heavy atom. The smallest absolute Gasteiger partial charge is 0.0923 e. The molecule has 0 amide bonds. The van der Waals surface area contributed by atoms with Crippen molar-refractivity contribution in [1.29, 1.82) is 0 Å². The van der Waals surface area contributed by atoms with Crippen molar-refractivity contribution < 1.29 is 9.47 Å². The van der Waals surface area contributed by atoms with Gasteiger partial charge >= 0.3 is 0 Å². The van der Waals surface area contributed by atoms with Gasteiger partial charge in [0, 0.05) is 25.8 Å². The van der Waals surface area contributed by atoms with E-state index in [1.54, 1.807) is 14.2 Å². The van der Waals surface area contributed by atoms with Crippen LogP contribution in [-0.4, -0.2) is 44.1 Å². The minimum absolute atomic E-state index is 0.0861. The molecule has 0 rings (SSSR count). The lowest BCUT2D eigenvalue weighted by atomic mass is 9.84. The van der Waals surface area contributed by atoms with Crippen LogP contribution in [0.3, 0.4) is 0 Å². The number of rotatable bonds is 10. The third kappa shape index (κ3) is 5.75. The van der Waals surface area contributed by atoms with Crippen LogP contribution < -0.4 is 17.2 Å². The average molecular weight is 275 g/mol. The SMILES string of the molecule is CCC(N)CCC(OC)C(N)C(OC)C(C)(N)CC. The van der Waals surface area contributed by atoms with Crippen molar-refractivity contribution in [3.05, 3.63) is 0 Å². The van der Waals surface area contributed by atoms with Gasteiger partial charge in [0.25, 0.3) is 0 Å². The summed E-state index contributed by atoms with van der Waals surface area (Å²) in [5.74, 6) is 0. The molecule has 0 bridgehead atoms. The lowest BCUT2D eigenvalue weighted by molar-refractivity contribution is -0.0343. The molecule has 0 aromatic heterocycles. The van der Waals surface area contributed by atoms with E-state index < -0.39 is 5.54 Å². The van der Waals surface area contributed by atoms with Crippen molar-refractivity contribution >= 4 is 0 Å². The maximum atomic E-state index is 6.30. The van der Waals surface area contributed by atoms with Crippen molar-refractivity contribution in [1.82, 2.24) is 0 Å². The van der Waals surface area contributed by atoms with Crippen molar-refractivity contribution in [3.63, 3.8) is 0 Å². The van der Waals surface area contributed by atoms with E-state index in [4.69, 9.17) is 26.7 Å². The van der Waals surface area contributed by atoms with Crippen LogP contribution in [0.1, 0.15) is 46.5 Å². The second kappa shape index (κ2) is 8.87. The zero-order chi connectivity index (χ0) is 15.1. The third-order valence-electron chi connectivity index (χ3n) is 4.09. The van der Waals surface area contributed by atoms with Crippen LogP contribution in [-0.2, 0) is 9.47 Å². The maximum absolute atomic E-state index is 6.30. The fourth-order valence-electron chi connectivity index (χ4n) is 2.31. The number of ether oxygens (including phenoxy) is 2. The van der Waals surface area contributed by atoms with Gasteiger partial charge in [0.15, 0.2) is 0 Å². The Morgan fingerprint density at radius 1 is 1.05 bits per heavy atom. The van der Waals surface area contributed by atoms with Crippen LogP contribution >= 0.6 is 0 Å². The molecule has 0 aliphatic rings. The maximum Gasteiger partial charge on any atom is 0.0923 e. The van der Waals surface area contributed by atoms with E-state index in [1.807, 2.05) is 13.8 Å². The van der Waals surface area contributed by atoms with Gasteiger partial charge in [-0.05, 0) is 32.6 Å². The lowest BCUT2D eigenvalue weighted by Gasteiger charge is -2.39. The summed E-state index contributed by atoms with van der Waals surface area (Å²) in [6.07, 6.45) is 3.16. The van der Waals surface area contributed by atoms with Gasteiger partial charge in [-0.2, -0.15) is 0 Å². The summed E-state index contributed by atoms with van der Waals surface area (Å²) >= 11 is 0. The van der Waals surface area contributed by atoms with E-state index in [9.17, 15) is 0 Å². The van der Waals surface area contributed by atoms with Crippen LogP contribution in [0.4, 0.5) is 0 Å². The molecule has 0 saturated carbocycles. The first kappa shape index (κ1) is 18.8. The molecule has 0 aromatic rings. The van der Waals surface area contributed by atoms with Crippen molar-refractivity contribution in [3.8, 4) is 0 Å². The van der Waals surface area contributed by atoms with Gasteiger partial charge < -0.3 is 26.7 Å². The molecule has 5 nitrogen and oxygen atoms in total. The standard InChI is InChI=1S/C14H33N3O2/c1-6-10(15)8-9-11(18-4)12(16)13(19-5)14(3,17)7-2/h10-13H,6-9,15-17H2,1-5H3. The van der Waals surface area contributed by atoms with Crippen molar-refractivity contribution in [2.75, 3.05) is 14.2 Å². The summed E-state index contributed by atoms with van der Waals surface area (Å²) in [6.45, 7) is 6.08. The molecular formula is C14H33N3O2. The van der Waals surface area contributed by atoms with E-state index in [1.165, 1.54) is 0 Å². The predicted molar refractivity (Wildman–Crippen MR) is 80.0 cm³/mol. The fraction of sp³-hybridized carbons (Fsp3) is 1.00. The van der Waals surface area contributed by atoms with Crippen molar-refractivity contribution in [2.24, 2.45) is 17.2 Å². The van der Waals surface area contributed by atoms with Gasteiger partial charge in [0.2, 0.25) is 0 Å². The highest BCUT2D eigenvalue weighted by Gasteiger charge is 2.37. The van der Waals surface area contributed by atoms with E-state index in [0.717, 1.165) is 25.7 Å². The summed E-state index contributed by atoms with van der Waals surface area (Å²) in [6, 6.07) is -0.0599. The zero-order valence-corrected chi connectivity index (χ0v) is 13.2. The third-order valence-corrected chi connectivity index (χ3v) is 4.09. The van der Waals surface area contributed by atoms with E-state index in [0.29, 0.717) is 0 Å². The van der Waals surface area contributed by atoms with Crippen LogP contribution in [0.2, 0.25) is 0 Å². The minimum Gasteiger partial charge on any atom is -0.380 e. The summed E-state index contributed by atoms with van der Waals surface area (Å²) in [5.41, 5.74) is 18.0. The zero-order valence-electron chi connectivity index (χ0n) is 13.2. The molecule has 0 aliphatic carbocycles. The molecule has 19 heavy (non-hydrogen) atoms. The van der Waals surface area contributed by atoms with Gasteiger partial charge in [-0.3, -0.25) is 0 Å². The highest BCUT2D eigenvalue weighted by molar-refractivity contribution is 4.96. The van der Waals surface area contributed by atoms with Crippen LogP contribution in [0, 0.1) is 0 Å². The van der Waals surface area contributed by atoms with Gasteiger partial charge in [-0.25, -0.2) is 0 Å². The molecule has 116 valence electrons. The molecule has 0 heterocycles. The second-order valence-electron chi connectivity index (χ2n) is 5.61. The molecule has 0 fully saturated rings. The Bertz CT molecular complexity index is 237. The summed E-state index contributed by atoms with van der Waals surface area (Å²) in [7, 11) is 3.32. The first-order valence-corrected chi connectivity index (χ1v) is 7.19. The predicted octanol–water partition coefficient (Wildman–Crippen LogP) is 0.989. The van der Waals surface area contributed by atoms with Gasteiger partial charge in [0.1, 0.15) is 0 Å². The molecular weight excluding hydrogens is 242 g/mol. The van der Waals surface area contributed by atoms with Crippen LogP contribution in [0.25, 0.3) is 0 Å². The van der Waals surface area contributed by atoms with E-state index in [2.05, 4.69) is 6.92 Å².